The molecule has 20 heavy (non-hydrogen) atoms. The molecule has 0 radical (unpaired) electrons. The number of rotatable bonds is 3. The fraction of sp³-hybridized carbons (Fsp3) is 0.0667. The Labute approximate surface area is 115 Å². The van der Waals surface area contributed by atoms with Crippen LogP contribution in [0.25, 0.3) is 12.2 Å². The molecule has 0 spiro atoms. The van der Waals surface area contributed by atoms with Crippen LogP contribution in [0.2, 0.25) is 0 Å². The van der Waals surface area contributed by atoms with Crippen molar-refractivity contribution < 1.29 is 25.2 Å². The minimum Gasteiger partial charge on any atom is -0.508 e. The van der Waals surface area contributed by atoms with Gasteiger partial charge in [0.25, 0.3) is 0 Å². The Kier molecular flexibility index (Phi) is 3.70. The Bertz CT molecular complexity index is 618. The highest BCUT2D eigenvalue weighted by Gasteiger charge is 2.08. The van der Waals surface area contributed by atoms with Gasteiger partial charge in [-0.05, 0) is 35.4 Å². The largest absolute Gasteiger partial charge is 0.508 e. The van der Waals surface area contributed by atoms with Gasteiger partial charge in [0.15, 0.2) is 11.5 Å². The summed E-state index contributed by atoms with van der Waals surface area (Å²) in [5.74, 6) is -0.441. The lowest BCUT2D eigenvalue weighted by Crippen LogP contribution is -1.85. The molecule has 2 aromatic carbocycles. The van der Waals surface area contributed by atoms with Crippen LogP contribution in [0.15, 0.2) is 30.3 Å². The van der Waals surface area contributed by atoms with Crippen LogP contribution in [0, 0.1) is 0 Å². The smallest absolute Gasteiger partial charge is 0.202 e. The first-order valence-corrected chi connectivity index (χ1v) is 5.80. The van der Waals surface area contributed by atoms with Gasteiger partial charge < -0.3 is 25.2 Å². The molecule has 0 heterocycles. The zero-order valence-electron chi connectivity index (χ0n) is 10.7. The van der Waals surface area contributed by atoms with Gasteiger partial charge >= 0.3 is 0 Å². The van der Waals surface area contributed by atoms with Crippen LogP contribution >= 0.6 is 0 Å². The number of ether oxygens (including phenoxy) is 1. The summed E-state index contributed by atoms with van der Waals surface area (Å²) >= 11 is 0. The first-order valence-electron chi connectivity index (χ1n) is 5.80. The lowest BCUT2D eigenvalue weighted by atomic mass is 10.1. The molecule has 0 fully saturated rings. The Morgan fingerprint density at radius 2 is 1.20 bits per heavy atom. The number of phenolic OH excluding ortho intramolecular Hbond substituents is 4. The van der Waals surface area contributed by atoms with Gasteiger partial charge in [-0.3, -0.25) is 0 Å². The van der Waals surface area contributed by atoms with E-state index in [1.54, 1.807) is 12.2 Å². The molecule has 0 aliphatic carbocycles. The van der Waals surface area contributed by atoms with E-state index in [4.69, 9.17) is 4.74 Å². The molecule has 0 saturated heterocycles. The molecule has 0 amide bonds. The van der Waals surface area contributed by atoms with Crippen LogP contribution in [-0.2, 0) is 0 Å². The summed E-state index contributed by atoms with van der Waals surface area (Å²) in [5.41, 5.74) is 1.13. The maximum absolute atomic E-state index is 9.66. The zero-order valence-corrected chi connectivity index (χ0v) is 10.7. The van der Waals surface area contributed by atoms with Crippen LogP contribution in [-0.4, -0.2) is 27.5 Å². The molecule has 0 aliphatic heterocycles. The fourth-order valence-electron chi connectivity index (χ4n) is 1.83. The van der Waals surface area contributed by atoms with Gasteiger partial charge in [-0.1, -0.05) is 12.2 Å². The van der Waals surface area contributed by atoms with E-state index < -0.39 is 0 Å². The Balaban J connectivity index is 2.32. The maximum Gasteiger partial charge on any atom is 0.202 e. The Morgan fingerprint density at radius 3 is 1.65 bits per heavy atom. The molecule has 104 valence electrons. The van der Waals surface area contributed by atoms with Gasteiger partial charge in [0, 0.05) is 6.07 Å². The second kappa shape index (κ2) is 5.44. The van der Waals surface area contributed by atoms with Crippen molar-refractivity contribution in [3.8, 4) is 28.7 Å². The van der Waals surface area contributed by atoms with Gasteiger partial charge in [0.2, 0.25) is 5.75 Å². The van der Waals surface area contributed by atoms with E-state index in [1.807, 2.05) is 0 Å². The highest BCUT2D eigenvalue weighted by molar-refractivity contribution is 5.73. The number of benzene rings is 2. The molecule has 2 aromatic rings. The number of aromatic hydroxyl groups is 4. The summed E-state index contributed by atoms with van der Waals surface area (Å²) < 4.78 is 4.83. The number of hydrogen-bond donors (Lipinski definition) is 4. The van der Waals surface area contributed by atoms with Crippen molar-refractivity contribution in [2.24, 2.45) is 0 Å². The van der Waals surface area contributed by atoms with Crippen molar-refractivity contribution in [2.45, 2.75) is 0 Å². The van der Waals surface area contributed by atoms with E-state index in [0.29, 0.717) is 11.1 Å². The summed E-state index contributed by atoms with van der Waals surface area (Å²) in [6, 6.07) is 7.02. The third-order valence-corrected chi connectivity index (χ3v) is 2.67. The maximum atomic E-state index is 9.66. The number of phenols is 4. The second-order valence-corrected chi connectivity index (χ2v) is 4.21. The average Bonchev–Trinajstić information content (AvgIpc) is 2.35. The van der Waals surface area contributed by atoms with E-state index >= 15 is 0 Å². The molecular formula is C15H14O5. The number of hydrogen-bond acceptors (Lipinski definition) is 5. The third kappa shape index (κ3) is 2.95. The minimum absolute atomic E-state index is 0.0113. The van der Waals surface area contributed by atoms with Crippen molar-refractivity contribution in [3.05, 3.63) is 41.5 Å². The van der Waals surface area contributed by atoms with E-state index in [1.165, 1.54) is 37.4 Å². The SMILES string of the molecule is COc1c(O)cc(C=Cc2cc(O)cc(O)c2)cc1O. The first-order chi connectivity index (χ1) is 9.49. The van der Waals surface area contributed by atoms with Crippen LogP contribution in [0.1, 0.15) is 11.1 Å². The van der Waals surface area contributed by atoms with Gasteiger partial charge in [0.1, 0.15) is 11.5 Å². The molecule has 5 nitrogen and oxygen atoms in total. The van der Waals surface area contributed by atoms with E-state index in [9.17, 15) is 20.4 Å². The van der Waals surface area contributed by atoms with Crippen LogP contribution in [0.4, 0.5) is 0 Å². The van der Waals surface area contributed by atoms with Crippen LogP contribution < -0.4 is 4.74 Å². The van der Waals surface area contributed by atoms with Gasteiger partial charge in [-0.25, -0.2) is 0 Å². The van der Waals surface area contributed by atoms with Crippen molar-refractivity contribution in [2.75, 3.05) is 7.11 Å². The quantitative estimate of drug-likeness (QED) is 0.646. The third-order valence-electron chi connectivity index (χ3n) is 2.67. The highest BCUT2D eigenvalue weighted by atomic mass is 16.5. The van der Waals surface area contributed by atoms with E-state index in [0.717, 1.165) is 0 Å². The molecule has 2 rings (SSSR count). The molecule has 0 atom stereocenters. The summed E-state index contributed by atoms with van der Waals surface area (Å²) in [6.07, 6.45) is 3.24. The Morgan fingerprint density at radius 1 is 0.750 bits per heavy atom. The molecule has 0 saturated carbocycles. The van der Waals surface area contributed by atoms with Gasteiger partial charge in [0.05, 0.1) is 7.11 Å². The fourth-order valence-corrected chi connectivity index (χ4v) is 1.83. The lowest BCUT2D eigenvalue weighted by Gasteiger charge is -2.06. The molecule has 0 bridgehead atoms. The molecule has 0 aliphatic rings. The predicted molar refractivity (Wildman–Crippen MR) is 75.0 cm³/mol. The van der Waals surface area contributed by atoms with Crippen LogP contribution in [0.3, 0.4) is 0 Å². The summed E-state index contributed by atoms with van der Waals surface area (Å²) in [5, 5.41) is 38.0. The van der Waals surface area contributed by atoms with Crippen molar-refractivity contribution in [1.82, 2.24) is 0 Å². The summed E-state index contributed by atoms with van der Waals surface area (Å²) in [7, 11) is 1.35. The van der Waals surface area contributed by atoms with Gasteiger partial charge in [-0.15, -0.1) is 0 Å². The monoisotopic (exact) mass is 274 g/mol. The standard InChI is InChI=1S/C15H14O5/c1-20-15-13(18)6-10(7-14(15)19)3-2-9-4-11(16)8-12(17)5-9/h2-8,16-19H,1H3. The van der Waals surface area contributed by atoms with E-state index in [2.05, 4.69) is 0 Å². The van der Waals surface area contributed by atoms with E-state index in [-0.39, 0.29) is 28.7 Å². The van der Waals surface area contributed by atoms with Crippen molar-refractivity contribution in [3.63, 3.8) is 0 Å². The topological polar surface area (TPSA) is 90.2 Å². The summed E-state index contributed by atoms with van der Waals surface area (Å²) in [6.45, 7) is 0. The Hall–Kier alpha value is -2.82. The second-order valence-electron chi connectivity index (χ2n) is 4.21. The van der Waals surface area contributed by atoms with Crippen LogP contribution in [0.5, 0.6) is 28.7 Å². The molecule has 0 unspecified atom stereocenters. The lowest BCUT2D eigenvalue weighted by molar-refractivity contribution is 0.344. The number of methoxy groups -OCH3 is 1. The molecule has 5 heteroatoms. The molecule has 0 aromatic heterocycles. The van der Waals surface area contributed by atoms with Crippen molar-refractivity contribution in [1.29, 1.82) is 0 Å². The minimum atomic E-state index is -0.175. The predicted octanol–water partition coefficient (Wildman–Crippen LogP) is 2.69. The molecule has 4 N–H and O–H groups in total. The van der Waals surface area contributed by atoms with Gasteiger partial charge in [-0.2, -0.15) is 0 Å². The normalized spacial score (nSPS) is 10.8. The molecular weight excluding hydrogens is 260 g/mol. The zero-order chi connectivity index (χ0) is 14.7. The highest BCUT2D eigenvalue weighted by Crippen LogP contribution is 2.37. The average molecular weight is 274 g/mol. The van der Waals surface area contributed by atoms with Crippen molar-refractivity contribution >= 4 is 12.2 Å². The first kappa shape index (κ1) is 13.6. The summed E-state index contributed by atoms with van der Waals surface area (Å²) in [4.78, 5) is 0.